The molecule has 0 atom stereocenters. The number of nitrogens with zero attached hydrogens (tertiary/aromatic N) is 1. The van der Waals surface area contributed by atoms with Gasteiger partial charge in [0.2, 0.25) is 0 Å². The van der Waals surface area contributed by atoms with Crippen molar-refractivity contribution >= 4 is 6.21 Å². The summed E-state index contributed by atoms with van der Waals surface area (Å²) in [7, 11) is 0. The summed E-state index contributed by atoms with van der Waals surface area (Å²) in [6.45, 7) is 0. The zero-order chi connectivity index (χ0) is 11.5. The van der Waals surface area contributed by atoms with E-state index in [1.165, 1.54) is 0 Å². The second kappa shape index (κ2) is 4.45. The van der Waals surface area contributed by atoms with Crippen molar-refractivity contribution in [2.24, 2.45) is 4.99 Å². The summed E-state index contributed by atoms with van der Waals surface area (Å²) in [6.07, 6.45) is -1.89. The molecule has 6 heteroatoms. The number of aliphatic imine (C=N–C) groups is 1. The van der Waals surface area contributed by atoms with Crippen LogP contribution in [0.25, 0.3) is 0 Å². The van der Waals surface area contributed by atoms with E-state index in [9.17, 15) is 22.0 Å². The van der Waals surface area contributed by atoms with Gasteiger partial charge in [0.15, 0.2) is 0 Å². The maximum Gasteiger partial charge on any atom is 0.459 e. The molecule has 15 heavy (non-hydrogen) atoms. The first-order valence-corrected chi connectivity index (χ1v) is 4.82. The lowest BCUT2D eigenvalue weighted by Gasteiger charge is -2.19. The minimum atomic E-state index is -5.54. The lowest BCUT2D eigenvalue weighted by atomic mass is 9.96. The smallest absolute Gasteiger partial charge is 0.288 e. The van der Waals surface area contributed by atoms with Gasteiger partial charge in [-0.1, -0.05) is 19.3 Å². The Labute approximate surface area is 84.4 Å². The third-order valence-corrected chi connectivity index (χ3v) is 2.40. The highest BCUT2D eigenvalue weighted by atomic mass is 19.4. The molecule has 0 spiro atoms. The fourth-order valence-electron chi connectivity index (χ4n) is 1.50. The Bertz CT molecular complexity index is 227. The van der Waals surface area contributed by atoms with E-state index < -0.39 is 12.1 Å². The fraction of sp³-hybridized carbons (Fsp3) is 0.889. The van der Waals surface area contributed by atoms with Gasteiger partial charge >= 0.3 is 12.1 Å². The van der Waals surface area contributed by atoms with E-state index >= 15 is 0 Å². The highest BCUT2D eigenvalue weighted by molar-refractivity contribution is 5.67. The van der Waals surface area contributed by atoms with Crippen LogP contribution in [0, 0.1) is 0 Å². The van der Waals surface area contributed by atoms with Gasteiger partial charge in [-0.15, -0.1) is 0 Å². The van der Waals surface area contributed by atoms with Crippen LogP contribution in [0.4, 0.5) is 22.0 Å². The highest BCUT2D eigenvalue weighted by Gasteiger charge is 2.56. The summed E-state index contributed by atoms with van der Waals surface area (Å²) in [5.74, 6) is -4.80. The van der Waals surface area contributed by atoms with Crippen molar-refractivity contribution < 1.29 is 22.0 Å². The molecule has 1 saturated carbocycles. The van der Waals surface area contributed by atoms with Crippen molar-refractivity contribution in [3.05, 3.63) is 0 Å². The molecular formula is C9H12F5N. The number of hydrogen-bond acceptors (Lipinski definition) is 1. The van der Waals surface area contributed by atoms with Crippen LogP contribution in [-0.2, 0) is 0 Å². The number of hydrogen-bond donors (Lipinski definition) is 0. The molecule has 1 aliphatic rings. The summed E-state index contributed by atoms with van der Waals surface area (Å²) in [5.41, 5.74) is 0. The molecule has 0 aromatic carbocycles. The van der Waals surface area contributed by atoms with Gasteiger partial charge in [0.1, 0.15) is 0 Å². The molecule has 0 N–H and O–H groups in total. The first-order chi connectivity index (χ1) is 6.83. The predicted molar refractivity (Wildman–Crippen MR) is 46.4 cm³/mol. The summed E-state index contributed by atoms with van der Waals surface area (Å²) in [4.78, 5) is 3.33. The SMILES string of the molecule is FC(F)(F)C(F)(F)C=NC1CCCCC1. The van der Waals surface area contributed by atoms with E-state index in [-0.39, 0.29) is 12.3 Å². The summed E-state index contributed by atoms with van der Waals surface area (Å²) < 4.78 is 60.1. The van der Waals surface area contributed by atoms with E-state index in [0.29, 0.717) is 12.8 Å². The Hall–Kier alpha value is -0.680. The third-order valence-electron chi connectivity index (χ3n) is 2.40. The second-order valence-corrected chi connectivity index (χ2v) is 3.69. The lowest BCUT2D eigenvalue weighted by molar-refractivity contribution is -0.247. The Kier molecular flexibility index (Phi) is 3.67. The van der Waals surface area contributed by atoms with Crippen molar-refractivity contribution in [3.8, 4) is 0 Å². The molecule has 1 fully saturated rings. The number of alkyl halides is 5. The number of rotatable bonds is 2. The number of halogens is 5. The van der Waals surface area contributed by atoms with Gasteiger partial charge in [0, 0.05) is 6.04 Å². The molecule has 0 amide bonds. The fourth-order valence-corrected chi connectivity index (χ4v) is 1.50. The molecule has 0 bridgehead atoms. The molecule has 0 saturated heterocycles. The van der Waals surface area contributed by atoms with E-state index in [1.807, 2.05) is 0 Å². The first-order valence-electron chi connectivity index (χ1n) is 4.82. The molecule has 0 radical (unpaired) electrons. The standard InChI is InChI=1S/C9H12F5N/c10-8(11,9(12,13)14)6-15-7-4-2-1-3-5-7/h6-7H,1-5H2. The van der Waals surface area contributed by atoms with Crippen LogP contribution in [0.2, 0.25) is 0 Å². The van der Waals surface area contributed by atoms with Gasteiger partial charge in [-0.3, -0.25) is 4.99 Å². The highest BCUT2D eigenvalue weighted by Crippen LogP contribution is 2.34. The Balaban J connectivity index is 2.55. The predicted octanol–water partition coefficient (Wildman–Crippen LogP) is 3.59. The van der Waals surface area contributed by atoms with Crippen LogP contribution in [0.5, 0.6) is 0 Å². The molecular weight excluding hydrogens is 217 g/mol. The molecule has 0 aliphatic heterocycles. The molecule has 1 aliphatic carbocycles. The molecule has 0 aromatic heterocycles. The van der Waals surface area contributed by atoms with Crippen LogP contribution < -0.4 is 0 Å². The van der Waals surface area contributed by atoms with Crippen LogP contribution >= 0.6 is 0 Å². The lowest BCUT2D eigenvalue weighted by Crippen LogP contribution is -2.38. The Morgan fingerprint density at radius 2 is 1.47 bits per heavy atom. The van der Waals surface area contributed by atoms with Crippen LogP contribution in [-0.4, -0.2) is 24.4 Å². The van der Waals surface area contributed by atoms with E-state index in [4.69, 9.17) is 0 Å². The van der Waals surface area contributed by atoms with Crippen molar-refractivity contribution in [2.45, 2.75) is 50.2 Å². The second-order valence-electron chi connectivity index (χ2n) is 3.69. The summed E-state index contributed by atoms with van der Waals surface area (Å²) in [5, 5.41) is 0. The van der Waals surface area contributed by atoms with Gasteiger partial charge in [-0.25, -0.2) is 0 Å². The van der Waals surface area contributed by atoms with E-state index in [0.717, 1.165) is 19.3 Å². The van der Waals surface area contributed by atoms with Crippen LogP contribution in [0.1, 0.15) is 32.1 Å². The molecule has 0 aromatic rings. The van der Waals surface area contributed by atoms with Gasteiger partial charge in [-0.05, 0) is 12.8 Å². The minimum Gasteiger partial charge on any atom is -0.288 e. The Morgan fingerprint density at radius 3 is 1.93 bits per heavy atom. The largest absolute Gasteiger partial charge is 0.459 e. The van der Waals surface area contributed by atoms with Gasteiger partial charge in [0.05, 0.1) is 6.21 Å². The van der Waals surface area contributed by atoms with Gasteiger partial charge < -0.3 is 0 Å². The zero-order valence-corrected chi connectivity index (χ0v) is 8.03. The maximum absolute atomic E-state index is 12.4. The first kappa shape index (κ1) is 12.4. The molecule has 1 rings (SSSR count). The van der Waals surface area contributed by atoms with Crippen LogP contribution in [0.3, 0.4) is 0 Å². The monoisotopic (exact) mass is 229 g/mol. The molecule has 0 heterocycles. The van der Waals surface area contributed by atoms with E-state index in [2.05, 4.69) is 4.99 Å². The maximum atomic E-state index is 12.4. The third kappa shape index (κ3) is 3.43. The van der Waals surface area contributed by atoms with Gasteiger partial charge in [0.25, 0.3) is 0 Å². The minimum absolute atomic E-state index is 0.247. The van der Waals surface area contributed by atoms with E-state index in [1.54, 1.807) is 0 Å². The summed E-state index contributed by atoms with van der Waals surface area (Å²) >= 11 is 0. The molecule has 88 valence electrons. The zero-order valence-electron chi connectivity index (χ0n) is 8.03. The van der Waals surface area contributed by atoms with Crippen molar-refractivity contribution in [1.29, 1.82) is 0 Å². The normalized spacial score (nSPS) is 21.1. The summed E-state index contributed by atoms with van der Waals surface area (Å²) in [6, 6.07) is -0.369. The van der Waals surface area contributed by atoms with Crippen LogP contribution in [0.15, 0.2) is 4.99 Å². The van der Waals surface area contributed by atoms with Gasteiger partial charge in [-0.2, -0.15) is 22.0 Å². The Morgan fingerprint density at radius 1 is 0.933 bits per heavy atom. The molecule has 0 unspecified atom stereocenters. The topological polar surface area (TPSA) is 12.4 Å². The average Bonchev–Trinajstić information content (AvgIpc) is 2.15. The van der Waals surface area contributed by atoms with Crippen molar-refractivity contribution in [3.63, 3.8) is 0 Å². The van der Waals surface area contributed by atoms with Crippen molar-refractivity contribution in [1.82, 2.24) is 0 Å². The average molecular weight is 229 g/mol. The molecule has 1 nitrogen and oxygen atoms in total. The quantitative estimate of drug-likeness (QED) is 0.507. The van der Waals surface area contributed by atoms with Crippen molar-refractivity contribution in [2.75, 3.05) is 0 Å².